The van der Waals surface area contributed by atoms with Crippen molar-refractivity contribution in [2.45, 2.75) is 13.2 Å². The number of aliphatic hydroxyl groups is 1. The van der Waals surface area contributed by atoms with Crippen LogP contribution >= 0.6 is 27.5 Å². The zero-order chi connectivity index (χ0) is 13.0. The number of ether oxygens (including phenoxy) is 1. The third-order valence-electron chi connectivity index (χ3n) is 2.54. The van der Waals surface area contributed by atoms with Gasteiger partial charge in [-0.3, -0.25) is 0 Å². The van der Waals surface area contributed by atoms with Crippen molar-refractivity contribution in [1.82, 2.24) is 0 Å². The lowest BCUT2D eigenvalue weighted by Crippen LogP contribution is -1.99. The Kier molecular flexibility index (Phi) is 4.64. The van der Waals surface area contributed by atoms with Gasteiger partial charge in [0.05, 0.1) is 6.61 Å². The fourth-order valence-corrected chi connectivity index (χ4v) is 2.06. The van der Waals surface area contributed by atoms with Gasteiger partial charge in [0.15, 0.2) is 0 Å². The third kappa shape index (κ3) is 3.25. The number of benzene rings is 2. The molecule has 0 amide bonds. The maximum Gasteiger partial charge on any atom is 0.126 e. The van der Waals surface area contributed by atoms with Crippen molar-refractivity contribution in [3.8, 4) is 5.75 Å². The van der Waals surface area contributed by atoms with Crippen LogP contribution in [0.3, 0.4) is 0 Å². The Bertz CT molecular complexity index is 526. The molecule has 0 aliphatic heterocycles. The smallest absolute Gasteiger partial charge is 0.126 e. The number of rotatable bonds is 4. The van der Waals surface area contributed by atoms with E-state index in [0.29, 0.717) is 22.9 Å². The van der Waals surface area contributed by atoms with E-state index in [-0.39, 0.29) is 6.61 Å². The van der Waals surface area contributed by atoms with Gasteiger partial charge in [0, 0.05) is 15.1 Å². The zero-order valence-electron chi connectivity index (χ0n) is 9.57. The van der Waals surface area contributed by atoms with Crippen molar-refractivity contribution in [1.29, 1.82) is 0 Å². The van der Waals surface area contributed by atoms with Gasteiger partial charge in [-0.05, 0) is 29.8 Å². The molecule has 2 rings (SSSR count). The molecule has 0 radical (unpaired) electrons. The van der Waals surface area contributed by atoms with E-state index < -0.39 is 0 Å². The van der Waals surface area contributed by atoms with E-state index in [1.165, 1.54) is 0 Å². The molecule has 0 atom stereocenters. The van der Waals surface area contributed by atoms with Crippen LogP contribution in [0.5, 0.6) is 5.75 Å². The second kappa shape index (κ2) is 6.23. The summed E-state index contributed by atoms with van der Waals surface area (Å²) in [4.78, 5) is 0. The number of halogens is 2. The van der Waals surface area contributed by atoms with E-state index in [9.17, 15) is 5.11 Å². The average Bonchev–Trinajstić information content (AvgIpc) is 2.38. The van der Waals surface area contributed by atoms with Crippen molar-refractivity contribution >= 4 is 27.5 Å². The molecular formula is C14H12BrClO2. The van der Waals surface area contributed by atoms with Gasteiger partial charge in [-0.2, -0.15) is 0 Å². The molecule has 2 aromatic carbocycles. The molecule has 0 unspecified atom stereocenters. The van der Waals surface area contributed by atoms with Crippen LogP contribution in [0.2, 0.25) is 5.02 Å². The Morgan fingerprint density at radius 2 is 1.83 bits per heavy atom. The summed E-state index contributed by atoms with van der Waals surface area (Å²) in [6.07, 6.45) is 0. The van der Waals surface area contributed by atoms with E-state index in [2.05, 4.69) is 15.9 Å². The molecule has 0 heterocycles. The summed E-state index contributed by atoms with van der Waals surface area (Å²) in [5.41, 5.74) is 1.68. The standard InChI is InChI=1S/C14H12BrClO2/c15-11-6-4-10(5-7-11)9-18-14-3-1-2-13(16)12(14)8-17/h1-7,17H,8-9H2. The highest BCUT2D eigenvalue weighted by Gasteiger charge is 2.07. The molecular weight excluding hydrogens is 316 g/mol. The average molecular weight is 328 g/mol. The van der Waals surface area contributed by atoms with Crippen LogP contribution in [0.4, 0.5) is 0 Å². The molecule has 1 N–H and O–H groups in total. The predicted molar refractivity (Wildman–Crippen MR) is 75.8 cm³/mol. The molecule has 0 saturated heterocycles. The summed E-state index contributed by atoms with van der Waals surface area (Å²) in [6.45, 7) is 0.315. The molecule has 4 heteroatoms. The van der Waals surface area contributed by atoms with Crippen molar-refractivity contribution in [3.05, 3.63) is 63.1 Å². The zero-order valence-corrected chi connectivity index (χ0v) is 11.9. The lowest BCUT2D eigenvalue weighted by atomic mass is 10.2. The van der Waals surface area contributed by atoms with E-state index >= 15 is 0 Å². The van der Waals surface area contributed by atoms with Crippen LogP contribution < -0.4 is 4.74 Å². The molecule has 0 aromatic heterocycles. The lowest BCUT2D eigenvalue weighted by molar-refractivity contribution is 0.259. The summed E-state index contributed by atoms with van der Waals surface area (Å²) < 4.78 is 6.71. The maximum absolute atomic E-state index is 9.26. The second-order valence-corrected chi connectivity index (χ2v) is 5.11. The number of hydrogen-bond donors (Lipinski definition) is 1. The fraction of sp³-hybridized carbons (Fsp3) is 0.143. The SMILES string of the molecule is OCc1c(Cl)cccc1OCc1ccc(Br)cc1. The van der Waals surface area contributed by atoms with E-state index in [0.717, 1.165) is 10.0 Å². The first-order valence-corrected chi connectivity index (χ1v) is 6.63. The molecule has 0 aliphatic rings. The third-order valence-corrected chi connectivity index (χ3v) is 3.42. The molecule has 18 heavy (non-hydrogen) atoms. The molecule has 0 fully saturated rings. The highest BCUT2D eigenvalue weighted by molar-refractivity contribution is 9.10. The van der Waals surface area contributed by atoms with E-state index in [4.69, 9.17) is 16.3 Å². The van der Waals surface area contributed by atoms with Gasteiger partial charge < -0.3 is 9.84 Å². The van der Waals surface area contributed by atoms with Crippen LogP contribution in [0.15, 0.2) is 46.9 Å². The van der Waals surface area contributed by atoms with Crippen molar-refractivity contribution in [3.63, 3.8) is 0 Å². The topological polar surface area (TPSA) is 29.5 Å². The van der Waals surface area contributed by atoms with Gasteiger partial charge in [0.1, 0.15) is 12.4 Å². The fourth-order valence-electron chi connectivity index (χ4n) is 1.57. The molecule has 0 bridgehead atoms. The van der Waals surface area contributed by atoms with Gasteiger partial charge >= 0.3 is 0 Å². The van der Waals surface area contributed by atoms with E-state index in [1.807, 2.05) is 24.3 Å². The van der Waals surface area contributed by atoms with Gasteiger partial charge in [-0.1, -0.05) is 45.7 Å². The first kappa shape index (κ1) is 13.4. The summed E-state index contributed by atoms with van der Waals surface area (Å²) in [6, 6.07) is 13.2. The predicted octanol–water partition coefficient (Wildman–Crippen LogP) is 4.17. The molecule has 0 aliphatic carbocycles. The minimum atomic E-state index is -0.130. The Morgan fingerprint density at radius 3 is 2.50 bits per heavy atom. The largest absolute Gasteiger partial charge is 0.488 e. The summed E-state index contributed by atoms with van der Waals surface area (Å²) in [7, 11) is 0. The quantitative estimate of drug-likeness (QED) is 0.913. The monoisotopic (exact) mass is 326 g/mol. The summed E-state index contributed by atoms with van der Waals surface area (Å²) in [5.74, 6) is 0.618. The van der Waals surface area contributed by atoms with Crippen LogP contribution in [0.1, 0.15) is 11.1 Å². The van der Waals surface area contributed by atoms with Crippen LogP contribution in [-0.4, -0.2) is 5.11 Å². The normalized spacial score (nSPS) is 10.4. The lowest BCUT2D eigenvalue weighted by Gasteiger charge is -2.11. The number of hydrogen-bond acceptors (Lipinski definition) is 2. The Labute approximate surface area is 119 Å². The molecule has 2 nitrogen and oxygen atoms in total. The Morgan fingerprint density at radius 1 is 1.11 bits per heavy atom. The maximum atomic E-state index is 9.26. The van der Waals surface area contributed by atoms with Gasteiger partial charge in [0.25, 0.3) is 0 Å². The number of aliphatic hydroxyl groups excluding tert-OH is 1. The summed E-state index contributed by atoms with van der Waals surface area (Å²) in [5, 5.41) is 9.78. The first-order valence-electron chi connectivity index (χ1n) is 5.46. The Hall–Kier alpha value is -1.03. The van der Waals surface area contributed by atoms with E-state index in [1.54, 1.807) is 18.2 Å². The minimum Gasteiger partial charge on any atom is -0.488 e. The van der Waals surface area contributed by atoms with Crippen LogP contribution in [-0.2, 0) is 13.2 Å². The molecule has 0 saturated carbocycles. The minimum absolute atomic E-state index is 0.130. The van der Waals surface area contributed by atoms with Crippen molar-refractivity contribution in [2.75, 3.05) is 0 Å². The van der Waals surface area contributed by atoms with Gasteiger partial charge in [-0.15, -0.1) is 0 Å². The molecule has 0 spiro atoms. The highest BCUT2D eigenvalue weighted by Crippen LogP contribution is 2.27. The van der Waals surface area contributed by atoms with Crippen LogP contribution in [0, 0.1) is 0 Å². The van der Waals surface area contributed by atoms with Gasteiger partial charge in [0.2, 0.25) is 0 Å². The van der Waals surface area contributed by atoms with Crippen molar-refractivity contribution in [2.24, 2.45) is 0 Å². The Balaban J connectivity index is 2.10. The van der Waals surface area contributed by atoms with Crippen molar-refractivity contribution < 1.29 is 9.84 Å². The molecule has 2 aromatic rings. The van der Waals surface area contributed by atoms with Gasteiger partial charge in [-0.25, -0.2) is 0 Å². The van der Waals surface area contributed by atoms with Crippen LogP contribution in [0.25, 0.3) is 0 Å². The summed E-state index contributed by atoms with van der Waals surface area (Å²) >= 11 is 9.37. The first-order chi connectivity index (χ1) is 8.70. The second-order valence-electron chi connectivity index (χ2n) is 3.79. The molecule has 94 valence electrons. The highest BCUT2D eigenvalue weighted by atomic mass is 79.9.